The summed E-state index contributed by atoms with van der Waals surface area (Å²) in [7, 11) is 0. The number of amides is 2. The van der Waals surface area contributed by atoms with E-state index >= 15 is 0 Å². The first-order valence-electron chi connectivity index (χ1n) is 6.99. The molecule has 0 unspecified atom stereocenters. The van der Waals surface area contributed by atoms with E-state index in [9.17, 15) is 9.59 Å². The van der Waals surface area contributed by atoms with E-state index in [2.05, 4.69) is 5.32 Å². The quantitative estimate of drug-likeness (QED) is 0.870. The van der Waals surface area contributed by atoms with Crippen molar-refractivity contribution in [3.8, 4) is 0 Å². The Labute approximate surface area is 111 Å². The lowest BCUT2D eigenvalue weighted by Crippen LogP contribution is -2.31. The Morgan fingerprint density at radius 2 is 2.05 bits per heavy atom. The van der Waals surface area contributed by atoms with Gasteiger partial charge in [0, 0.05) is 18.2 Å². The van der Waals surface area contributed by atoms with Gasteiger partial charge in [0.15, 0.2) is 0 Å². The zero-order chi connectivity index (χ0) is 13.0. The fourth-order valence-corrected chi connectivity index (χ4v) is 3.11. The van der Waals surface area contributed by atoms with Crippen LogP contribution < -0.4 is 10.2 Å². The topological polar surface area (TPSA) is 49.4 Å². The van der Waals surface area contributed by atoms with Gasteiger partial charge in [-0.2, -0.15) is 0 Å². The molecule has 1 N–H and O–H groups in total. The minimum absolute atomic E-state index is 0.0121. The third-order valence-electron chi connectivity index (χ3n) is 4.18. The molecule has 0 saturated heterocycles. The summed E-state index contributed by atoms with van der Waals surface area (Å²) >= 11 is 0. The number of nitrogens with one attached hydrogen (secondary N) is 1. The van der Waals surface area contributed by atoms with Gasteiger partial charge in [-0.15, -0.1) is 0 Å². The summed E-state index contributed by atoms with van der Waals surface area (Å²) in [6.45, 7) is 0.826. The van der Waals surface area contributed by atoms with Crippen LogP contribution in [0.4, 0.5) is 5.69 Å². The van der Waals surface area contributed by atoms with Crippen LogP contribution in [0.15, 0.2) is 12.1 Å². The predicted molar refractivity (Wildman–Crippen MR) is 71.3 cm³/mol. The van der Waals surface area contributed by atoms with Gasteiger partial charge in [-0.05, 0) is 48.9 Å². The molecule has 1 fully saturated rings. The molecule has 3 aliphatic rings. The highest BCUT2D eigenvalue weighted by Gasteiger charge is 2.33. The number of benzene rings is 1. The van der Waals surface area contributed by atoms with Crippen LogP contribution in [0.25, 0.3) is 0 Å². The average molecular weight is 256 g/mol. The van der Waals surface area contributed by atoms with Gasteiger partial charge in [0.2, 0.25) is 5.91 Å². The third-order valence-corrected chi connectivity index (χ3v) is 4.18. The van der Waals surface area contributed by atoms with Gasteiger partial charge in [0.05, 0.1) is 12.1 Å². The van der Waals surface area contributed by atoms with Crippen molar-refractivity contribution in [1.82, 2.24) is 5.32 Å². The van der Waals surface area contributed by atoms with Gasteiger partial charge in [-0.3, -0.25) is 9.59 Å². The zero-order valence-electron chi connectivity index (χ0n) is 10.7. The van der Waals surface area contributed by atoms with Crippen molar-refractivity contribution in [1.29, 1.82) is 0 Å². The molecule has 0 atom stereocenters. The van der Waals surface area contributed by atoms with Crippen LogP contribution in [0.5, 0.6) is 0 Å². The van der Waals surface area contributed by atoms with Crippen LogP contribution in [0.3, 0.4) is 0 Å². The highest BCUT2D eigenvalue weighted by molar-refractivity contribution is 6.04. The fourth-order valence-electron chi connectivity index (χ4n) is 3.11. The number of hydrogen-bond acceptors (Lipinski definition) is 2. The summed E-state index contributed by atoms with van der Waals surface area (Å²) in [6, 6.07) is 4.25. The van der Waals surface area contributed by atoms with Crippen molar-refractivity contribution in [3.63, 3.8) is 0 Å². The SMILES string of the molecule is O=C(NC1CC1)c1cc2c3c(c1)CC(=O)N3CCC2. The largest absolute Gasteiger partial charge is 0.349 e. The van der Waals surface area contributed by atoms with E-state index in [1.165, 1.54) is 0 Å². The van der Waals surface area contributed by atoms with Crippen molar-refractivity contribution in [2.24, 2.45) is 0 Å². The molecule has 2 amide bonds. The fraction of sp³-hybridized carbons (Fsp3) is 0.467. The van der Waals surface area contributed by atoms with Crippen molar-refractivity contribution in [3.05, 3.63) is 28.8 Å². The zero-order valence-corrected chi connectivity index (χ0v) is 10.7. The number of carbonyl (C=O) groups excluding carboxylic acids is 2. The summed E-state index contributed by atoms with van der Waals surface area (Å²) in [5.41, 5.74) is 4.00. The maximum atomic E-state index is 12.1. The first-order chi connectivity index (χ1) is 9.22. The van der Waals surface area contributed by atoms with Crippen molar-refractivity contribution in [2.75, 3.05) is 11.4 Å². The molecule has 4 nitrogen and oxygen atoms in total. The molecule has 4 heteroatoms. The number of carbonyl (C=O) groups is 2. The van der Waals surface area contributed by atoms with Gasteiger partial charge in [0.25, 0.3) is 5.91 Å². The van der Waals surface area contributed by atoms with Gasteiger partial charge in [-0.1, -0.05) is 0 Å². The Morgan fingerprint density at radius 3 is 2.84 bits per heavy atom. The summed E-state index contributed by atoms with van der Waals surface area (Å²) < 4.78 is 0. The van der Waals surface area contributed by atoms with Gasteiger partial charge < -0.3 is 10.2 Å². The Hall–Kier alpha value is -1.84. The highest BCUT2D eigenvalue weighted by Crippen LogP contribution is 2.37. The first-order valence-corrected chi connectivity index (χ1v) is 6.99. The molecular weight excluding hydrogens is 240 g/mol. The molecule has 2 heterocycles. The van der Waals surface area contributed by atoms with Crippen LogP contribution in [-0.2, 0) is 17.6 Å². The Balaban J connectivity index is 1.73. The molecular formula is C15H16N2O2. The normalized spacial score (nSPS) is 20.4. The lowest BCUT2D eigenvalue weighted by Gasteiger charge is -2.25. The van der Waals surface area contributed by atoms with E-state index in [0.717, 1.165) is 54.6 Å². The Kier molecular flexibility index (Phi) is 2.22. The minimum atomic E-state index is 0.0121. The number of anilines is 1. The molecule has 1 saturated carbocycles. The van der Waals surface area contributed by atoms with Crippen molar-refractivity contribution in [2.45, 2.75) is 38.1 Å². The van der Waals surface area contributed by atoms with E-state index in [1.54, 1.807) is 0 Å². The van der Waals surface area contributed by atoms with Crippen LogP contribution in [0, 0.1) is 0 Å². The van der Waals surface area contributed by atoms with Gasteiger partial charge >= 0.3 is 0 Å². The number of nitrogens with zero attached hydrogens (tertiary/aromatic N) is 1. The lowest BCUT2D eigenvalue weighted by molar-refractivity contribution is -0.117. The minimum Gasteiger partial charge on any atom is -0.349 e. The van der Waals surface area contributed by atoms with Crippen LogP contribution in [0.2, 0.25) is 0 Å². The monoisotopic (exact) mass is 256 g/mol. The van der Waals surface area contributed by atoms with E-state index in [-0.39, 0.29) is 11.8 Å². The predicted octanol–water partition coefficient (Wildman–Crippen LogP) is 1.41. The van der Waals surface area contributed by atoms with Crippen molar-refractivity contribution < 1.29 is 9.59 Å². The molecule has 0 bridgehead atoms. The molecule has 19 heavy (non-hydrogen) atoms. The van der Waals surface area contributed by atoms with Gasteiger partial charge in [0.1, 0.15) is 0 Å². The van der Waals surface area contributed by atoms with Crippen LogP contribution in [-0.4, -0.2) is 24.4 Å². The van der Waals surface area contributed by atoms with Crippen LogP contribution in [0.1, 0.15) is 40.7 Å². The molecule has 1 aromatic carbocycles. The summed E-state index contributed by atoms with van der Waals surface area (Å²) in [4.78, 5) is 26.0. The first kappa shape index (κ1) is 11.0. The van der Waals surface area contributed by atoms with E-state index in [0.29, 0.717) is 12.5 Å². The molecule has 1 aliphatic carbocycles. The van der Waals surface area contributed by atoms with Gasteiger partial charge in [-0.25, -0.2) is 0 Å². The summed E-state index contributed by atoms with van der Waals surface area (Å²) in [5.74, 6) is 0.189. The van der Waals surface area contributed by atoms with E-state index in [1.807, 2.05) is 17.0 Å². The third kappa shape index (κ3) is 1.74. The maximum absolute atomic E-state index is 12.1. The molecule has 1 aromatic rings. The van der Waals surface area contributed by atoms with Crippen molar-refractivity contribution >= 4 is 17.5 Å². The number of aryl methyl sites for hydroxylation is 1. The molecule has 0 aromatic heterocycles. The lowest BCUT2D eigenvalue weighted by atomic mass is 9.96. The second kappa shape index (κ2) is 3.83. The van der Waals surface area contributed by atoms with E-state index in [4.69, 9.17) is 0 Å². The molecule has 2 aliphatic heterocycles. The summed E-state index contributed by atoms with van der Waals surface area (Å²) in [5, 5.41) is 3.02. The second-order valence-electron chi connectivity index (χ2n) is 5.72. The Bertz CT molecular complexity index is 590. The average Bonchev–Trinajstić information content (AvgIpc) is 3.15. The molecule has 4 rings (SSSR count). The molecule has 98 valence electrons. The molecule has 0 radical (unpaired) electrons. The maximum Gasteiger partial charge on any atom is 0.251 e. The smallest absolute Gasteiger partial charge is 0.251 e. The standard InChI is InChI=1S/C15H16N2O2/c18-13-8-10-7-11(15(19)16-12-3-4-12)6-9-2-1-5-17(13)14(9)10/h6-7,12H,1-5,8H2,(H,16,19). The summed E-state index contributed by atoms with van der Waals surface area (Å²) in [6.07, 6.45) is 4.60. The molecule has 0 spiro atoms. The number of rotatable bonds is 2. The van der Waals surface area contributed by atoms with Crippen LogP contribution >= 0.6 is 0 Å². The Morgan fingerprint density at radius 1 is 1.26 bits per heavy atom. The second-order valence-corrected chi connectivity index (χ2v) is 5.72. The van der Waals surface area contributed by atoms with E-state index < -0.39 is 0 Å². The highest BCUT2D eigenvalue weighted by atomic mass is 16.2. The number of hydrogen-bond donors (Lipinski definition) is 1.